The molecule has 0 bridgehead atoms. The molecule has 0 radical (unpaired) electrons. The van der Waals surface area contributed by atoms with Crippen molar-refractivity contribution in [2.45, 2.75) is 20.3 Å². The van der Waals surface area contributed by atoms with Crippen molar-refractivity contribution in [3.05, 3.63) is 60.0 Å². The molecule has 26 heavy (non-hydrogen) atoms. The monoisotopic (exact) mass is 366 g/mol. The molecule has 0 saturated heterocycles. The molecule has 0 aliphatic carbocycles. The summed E-state index contributed by atoms with van der Waals surface area (Å²) in [5.74, 6) is 0.149. The molecule has 2 heterocycles. The van der Waals surface area contributed by atoms with Crippen molar-refractivity contribution in [2.75, 3.05) is 5.32 Å². The van der Waals surface area contributed by atoms with Gasteiger partial charge in [0, 0.05) is 34.3 Å². The van der Waals surface area contributed by atoms with Crippen LogP contribution in [0.4, 0.5) is 11.4 Å². The van der Waals surface area contributed by atoms with Crippen LogP contribution in [-0.4, -0.2) is 20.7 Å². The summed E-state index contributed by atoms with van der Waals surface area (Å²) in [6.45, 7) is 3.89. The third kappa shape index (κ3) is 3.13. The minimum absolute atomic E-state index is 0. The second kappa shape index (κ2) is 7.14. The fraction of sp³-hybridized carbons (Fsp3) is 0.150. The molecule has 132 valence electrons. The smallest absolute Gasteiger partial charge is 0.162 e. The number of Topliss-reactive ketones (excluding diaryl/α,β-unsaturated/α-hetero) is 1. The van der Waals surface area contributed by atoms with Gasteiger partial charge >= 0.3 is 0 Å². The van der Waals surface area contributed by atoms with E-state index in [1.54, 1.807) is 6.33 Å². The number of benzene rings is 2. The summed E-state index contributed by atoms with van der Waals surface area (Å²) in [7, 11) is 0. The standard InChI is InChI=1S/C20H18N4O.ClH/c1-3-18(25)13-4-6-14(7-5-13)24-17-10-12(2)23-15-8-9-16-20(19(15)17)22-11-21-16;/h4-11,23-24H,3H2,1-2H3;1H. The zero-order valence-electron chi connectivity index (χ0n) is 14.5. The maximum absolute atomic E-state index is 11.8. The van der Waals surface area contributed by atoms with E-state index in [2.05, 4.69) is 26.3 Å². The Kier molecular flexibility index (Phi) is 4.91. The first kappa shape index (κ1) is 17.9. The zero-order chi connectivity index (χ0) is 17.4. The predicted molar refractivity (Wildman–Crippen MR) is 108 cm³/mol. The topological polar surface area (TPSA) is 70.7 Å². The molecular formula is C20H19ClN4O. The maximum Gasteiger partial charge on any atom is 0.162 e. The number of fused-ring (bicyclic) bond motifs is 3. The molecule has 0 aliphatic heterocycles. The van der Waals surface area contributed by atoms with E-state index in [9.17, 15) is 4.79 Å². The van der Waals surface area contributed by atoms with Crippen LogP contribution in [0, 0.1) is 6.92 Å². The molecule has 4 rings (SSSR count). The molecule has 0 spiro atoms. The number of hydrogen-bond donors (Lipinski definition) is 2. The fourth-order valence-electron chi connectivity index (χ4n) is 3.08. The molecule has 0 unspecified atom stereocenters. The number of rotatable bonds is 4. The van der Waals surface area contributed by atoms with E-state index in [1.165, 1.54) is 0 Å². The molecule has 0 amide bonds. The highest BCUT2D eigenvalue weighted by molar-refractivity contribution is 6.10. The Balaban J connectivity index is 0.00000196. The summed E-state index contributed by atoms with van der Waals surface area (Å²) in [4.78, 5) is 23.9. The number of halogens is 1. The van der Waals surface area contributed by atoms with E-state index in [1.807, 2.05) is 50.2 Å². The van der Waals surface area contributed by atoms with Gasteiger partial charge in [0.25, 0.3) is 0 Å². The highest BCUT2D eigenvalue weighted by Crippen LogP contribution is 2.31. The van der Waals surface area contributed by atoms with Gasteiger partial charge in [-0.1, -0.05) is 6.92 Å². The molecule has 2 aromatic heterocycles. The van der Waals surface area contributed by atoms with Crippen LogP contribution in [0.3, 0.4) is 0 Å². The van der Waals surface area contributed by atoms with E-state index < -0.39 is 0 Å². The van der Waals surface area contributed by atoms with Gasteiger partial charge in [0.1, 0.15) is 11.8 Å². The fourth-order valence-corrected chi connectivity index (χ4v) is 3.08. The summed E-state index contributed by atoms with van der Waals surface area (Å²) in [5, 5.41) is 4.46. The third-order valence-corrected chi connectivity index (χ3v) is 4.31. The van der Waals surface area contributed by atoms with E-state index in [-0.39, 0.29) is 18.2 Å². The van der Waals surface area contributed by atoms with Crippen LogP contribution in [0.1, 0.15) is 29.4 Å². The van der Waals surface area contributed by atoms with Gasteiger partial charge in [0.2, 0.25) is 0 Å². The van der Waals surface area contributed by atoms with Crippen LogP contribution in [0.5, 0.6) is 0 Å². The highest BCUT2D eigenvalue weighted by atomic mass is 35.5. The van der Waals surface area contributed by atoms with E-state index >= 15 is 0 Å². The molecular weight excluding hydrogens is 348 g/mol. The average Bonchev–Trinajstić information content (AvgIpc) is 3.10. The second-order valence-electron chi connectivity index (χ2n) is 6.07. The van der Waals surface area contributed by atoms with Crippen molar-refractivity contribution in [3.8, 4) is 0 Å². The average molecular weight is 367 g/mol. The maximum atomic E-state index is 11.8. The first-order chi connectivity index (χ1) is 12.2. The van der Waals surface area contributed by atoms with Crippen molar-refractivity contribution in [1.29, 1.82) is 0 Å². The number of hydrogen-bond acceptors (Lipinski definition) is 4. The summed E-state index contributed by atoms with van der Waals surface area (Å²) in [6, 6.07) is 13.6. The largest absolute Gasteiger partial charge is 0.358 e. The summed E-state index contributed by atoms with van der Waals surface area (Å²) in [6.07, 6.45) is 2.09. The number of nitrogens with zero attached hydrogens (tertiary/aromatic N) is 2. The van der Waals surface area contributed by atoms with Crippen LogP contribution < -0.4 is 5.32 Å². The Morgan fingerprint density at radius 1 is 1.12 bits per heavy atom. The van der Waals surface area contributed by atoms with Gasteiger partial charge in [0.15, 0.2) is 5.78 Å². The minimum Gasteiger partial charge on any atom is -0.358 e. The molecule has 0 atom stereocenters. The molecule has 0 aliphatic rings. The van der Waals surface area contributed by atoms with Crippen LogP contribution in [-0.2, 0) is 0 Å². The number of anilines is 2. The normalized spacial score (nSPS) is 10.7. The SMILES string of the molecule is CCC(=O)c1ccc(Nc2cc(C)[nH]c3ccc4ncnc4c23)cc1.Cl. The molecule has 2 N–H and O–H groups in total. The zero-order valence-corrected chi connectivity index (χ0v) is 15.4. The van der Waals surface area contributed by atoms with Crippen LogP contribution >= 0.6 is 12.4 Å². The lowest BCUT2D eigenvalue weighted by molar-refractivity contribution is 0.0988. The number of aryl methyl sites for hydroxylation is 1. The first-order valence-electron chi connectivity index (χ1n) is 8.29. The lowest BCUT2D eigenvalue weighted by Crippen LogP contribution is -1.98. The van der Waals surface area contributed by atoms with Crippen molar-refractivity contribution in [3.63, 3.8) is 0 Å². The quantitative estimate of drug-likeness (QED) is 0.488. The first-order valence-corrected chi connectivity index (χ1v) is 8.29. The number of imidazole rings is 1. The van der Waals surface area contributed by atoms with Crippen LogP contribution in [0.25, 0.3) is 21.9 Å². The Morgan fingerprint density at radius 3 is 2.62 bits per heavy atom. The number of H-pyrrole nitrogens is 1. The molecule has 5 nitrogen and oxygen atoms in total. The number of aromatic nitrogens is 3. The number of carbonyl (C=O) groups is 1. The second-order valence-corrected chi connectivity index (χ2v) is 6.07. The predicted octanol–water partition coefficient (Wildman–Crippen LogP) is 5.18. The van der Waals surface area contributed by atoms with Gasteiger partial charge in [-0.25, -0.2) is 9.97 Å². The van der Waals surface area contributed by atoms with Crippen LogP contribution in [0.2, 0.25) is 0 Å². The van der Waals surface area contributed by atoms with Gasteiger partial charge in [-0.15, -0.1) is 12.4 Å². The molecule has 0 saturated carbocycles. The summed E-state index contributed by atoms with van der Waals surface area (Å²) >= 11 is 0. The van der Waals surface area contributed by atoms with Crippen molar-refractivity contribution >= 4 is 51.5 Å². The van der Waals surface area contributed by atoms with Crippen molar-refractivity contribution in [1.82, 2.24) is 15.0 Å². The molecule has 2 aromatic carbocycles. The summed E-state index contributed by atoms with van der Waals surface area (Å²) < 4.78 is 0. The third-order valence-electron chi connectivity index (χ3n) is 4.31. The number of aromatic amines is 1. The number of ketones is 1. The number of carbonyl (C=O) groups excluding carboxylic acids is 1. The molecule has 6 heteroatoms. The van der Waals surface area contributed by atoms with Gasteiger partial charge in [-0.3, -0.25) is 4.79 Å². The van der Waals surface area contributed by atoms with Crippen molar-refractivity contribution < 1.29 is 4.79 Å². The minimum atomic E-state index is 0. The van der Waals surface area contributed by atoms with E-state index in [4.69, 9.17) is 0 Å². The Bertz CT molecular complexity index is 1090. The highest BCUT2D eigenvalue weighted by Gasteiger charge is 2.10. The van der Waals surface area contributed by atoms with E-state index in [0.717, 1.165) is 44.6 Å². The summed E-state index contributed by atoms with van der Waals surface area (Å²) in [5.41, 5.74) is 6.42. The van der Waals surface area contributed by atoms with Crippen molar-refractivity contribution in [2.24, 2.45) is 0 Å². The van der Waals surface area contributed by atoms with Gasteiger partial charge in [0.05, 0.1) is 11.2 Å². The Hall–Kier alpha value is -2.92. The Morgan fingerprint density at radius 2 is 1.88 bits per heavy atom. The van der Waals surface area contributed by atoms with E-state index in [0.29, 0.717) is 6.42 Å². The van der Waals surface area contributed by atoms with Gasteiger partial charge in [-0.05, 0) is 49.4 Å². The number of nitrogens with one attached hydrogen (secondary N) is 2. The van der Waals surface area contributed by atoms with Gasteiger partial charge < -0.3 is 10.3 Å². The van der Waals surface area contributed by atoms with Gasteiger partial charge in [-0.2, -0.15) is 0 Å². The molecule has 4 aromatic rings. The van der Waals surface area contributed by atoms with Crippen LogP contribution in [0.15, 0.2) is 48.8 Å². The lowest BCUT2D eigenvalue weighted by atomic mass is 10.1. The Labute approximate surface area is 157 Å². The molecule has 0 fully saturated rings. The number of pyridine rings is 1. The lowest BCUT2D eigenvalue weighted by Gasteiger charge is -2.12.